The van der Waals surface area contributed by atoms with Gasteiger partial charge in [0.15, 0.2) is 10.4 Å². The van der Waals surface area contributed by atoms with Crippen LogP contribution < -0.4 is 5.48 Å². The van der Waals surface area contributed by atoms with Gasteiger partial charge in [-0.1, -0.05) is 23.7 Å². The number of hydrogen-bond donors (Lipinski definition) is 1. The van der Waals surface area contributed by atoms with Gasteiger partial charge in [0.1, 0.15) is 6.04 Å². The molecule has 1 fully saturated rings. The highest BCUT2D eigenvalue weighted by atomic mass is 79.9. The molecule has 1 unspecified atom stereocenters. The first-order chi connectivity index (χ1) is 16.5. The van der Waals surface area contributed by atoms with Crippen LogP contribution in [0.25, 0.3) is 0 Å². The molecule has 1 aliphatic rings. The maximum Gasteiger partial charge on any atom is 0.358 e. The molecule has 1 aliphatic carbocycles. The van der Waals surface area contributed by atoms with Gasteiger partial charge in [0, 0.05) is 22.8 Å². The number of carbonyl (C=O) groups excluding carboxylic acids is 1. The van der Waals surface area contributed by atoms with Crippen molar-refractivity contribution in [1.29, 1.82) is 0 Å². The van der Waals surface area contributed by atoms with Gasteiger partial charge in [0.05, 0.1) is 17.9 Å². The first-order valence-corrected chi connectivity index (χ1v) is 13.4. The first-order valence-electron chi connectivity index (χ1n) is 12.2. The van der Waals surface area contributed by atoms with Gasteiger partial charge in [-0.3, -0.25) is 9.83 Å². The van der Waals surface area contributed by atoms with Crippen molar-refractivity contribution in [1.82, 2.24) is 15.0 Å². The third-order valence-electron chi connectivity index (χ3n) is 5.74. The van der Waals surface area contributed by atoms with E-state index in [-0.39, 0.29) is 30.0 Å². The lowest BCUT2D eigenvalue weighted by molar-refractivity contribution is -0.0905. The van der Waals surface area contributed by atoms with Crippen molar-refractivity contribution in [2.24, 2.45) is 4.99 Å². The number of nitrogens with one attached hydrogen (secondary N) is 1. The summed E-state index contributed by atoms with van der Waals surface area (Å²) < 4.78 is 7.95. The van der Waals surface area contributed by atoms with E-state index in [1.165, 1.54) is 0 Å². The van der Waals surface area contributed by atoms with Crippen molar-refractivity contribution in [2.75, 3.05) is 6.61 Å². The van der Waals surface area contributed by atoms with E-state index in [2.05, 4.69) is 40.2 Å². The van der Waals surface area contributed by atoms with E-state index in [1.54, 1.807) is 6.92 Å². The van der Waals surface area contributed by atoms with Gasteiger partial charge in [-0.25, -0.2) is 9.78 Å². The number of halogens is 2. The Morgan fingerprint density at radius 1 is 1.26 bits per heavy atom. The number of aliphatic imine (C=N–C) groups is 1. The Kier molecular flexibility index (Phi) is 9.54. The lowest BCUT2D eigenvalue weighted by atomic mass is 9.93. The predicted molar refractivity (Wildman–Crippen MR) is 143 cm³/mol. The van der Waals surface area contributed by atoms with Crippen LogP contribution in [0, 0.1) is 0 Å². The monoisotopic (exact) mass is 566 g/mol. The Morgan fingerprint density at radius 3 is 2.43 bits per heavy atom. The summed E-state index contributed by atoms with van der Waals surface area (Å²) in [6, 6.07) is 7.54. The molecule has 0 bridgehead atoms. The van der Waals surface area contributed by atoms with E-state index >= 15 is 0 Å². The summed E-state index contributed by atoms with van der Waals surface area (Å²) in [6.45, 7) is 12.3. The van der Waals surface area contributed by atoms with E-state index in [0.29, 0.717) is 9.76 Å². The Balaban J connectivity index is 2.00. The van der Waals surface area contributed by atoms with Crippen LogP contribution in [0.4, 0.5) is 0 Å². The van der Waals surface area contributed by atoms with Gasteiger partial charge < -0.3 is 9.30 Å². The van der Waals surface area contributed by atoms with Crippen LogP contribution in [0.2, 0.25) is 5.02 Å². The molecule has 35 heavy (non-hydrogen) atoms. The van der Waals surface area contributed by atoms with E-state index in [0.717, 1.165) is 42.7 Å². The Labute approximate surface area is 221 Å². The van der Waals surface area contributed by atoms with E-state index in [9.17, 15) is 4.79 Å². The molecule has 1 saturated carbocycles. The molecule has 0 aliphatic heterocycles. The van der Waals surface area contributed by atoms with Crippen LogP contribution in [0.15, 0.2) is 34.0 Å². The van der Waals surface area contributed by atoms with Crippen molar-refractivity contribution in [3.8, 4) is 0 Å². The van der Waals surface area contributed by atoms with Crippen molar-refractivity contribution < 1.29 is 14.4 Å². The molecular weight excluding hydrogens is 532 g/mol. The maximum absolute atomic E-state index is 12.9. The summed E-state index contributed by atoms with van der Waals surface area (Å²) in [6.07, 6.45) is 3.56. The summed E-state index contributed by atoms with van der Waals surface area (Å²) >= 11 is 9.75. The molecule has 0 radical (unpaired) electrons. The van der Waals surface area contributed by atoms with Gasteiger partial charge in [-0.05, 0) is 101 Å². The molecule has 1 heterocycles. The second kappa shape index (κ2) is 12.0. The number of benzene rings is 1. The zero-order valence-electron chi connectivity index (χ0n) is 21.4. The van der Waals surface area contributed by atoms with E-state index in [1.807, 2.05) is 49.6 Å². The molecule has 3 rings (SSSR count). The quantitative estimate of drug-likeness (QED) is 0.279. The highest BCUT2D eigenvalue weighted by molar-refractivity contribution is 9.10. The van der Waals surface area contributed by atoms with Crippen LogP contribution in [0.5, 0.6) is 0 Å². The normalized spacial score (nSPS) is 17.5. The Hall–Kier alpha value is -1.74. The fourth-order valence-electron chi connectivity index (χ4n) is 4.10. The fourth-order valence-corrected chi connectivity index (χ4v) is 5.00. The van der Waals surface area contributed by atoms with Crippen molar-refractivity contribution in [2.45, 2.75) is 91.0 Å². The van der Waals surface area contributed by atoms with Gasteiger partial charge in [0.2, 0.25) is 0 Å². The molecular formula is C26H36BrClN4O3. The fraction of sp³-hybridized carbons (Fsp3) is 0.577. The summed E-state index contributed by atoms with van der Waals surface area (Å²) in [5.74, 6) is -0.450. The van der Waals surface area contributed by atoms with Crippen LogP contribution >= 0.6 is 27.5 Å². The molecule has 1 atom stereocenters. The number of imidazole rings is 1. The summed E-state index contributed by atoms with van der Waals surface area (Å²) in [5.41, 5.74) is 6.04. The average Bonchev–Trinajstić information content (AvgIpc) is 3.14. The first kappa shape index (κ1) is 27.8. The minimum atomic E-state index is -0.450. The maximum atomic E-state index is 12.9. The molecule has 0 saturated heterocycles. The minimum absolute atomic E-state index is 0.0551. The molecule has 0 spiro atoms. The second-order valence-corrected chi connectivity index (χ2v) is 11.2. The van der Waals surface area contributed by atoms with Crippen LogP contribution in [0.3, 0.4) is 0 Å². The molecule has 9 heteroatoms. The smallest absolute Gasteiger partial charge is 0.358 e. The molecule has 7 nitrogen and oxygen atoms in total. The standard InChI is InChI=1S/C26H36BrClN4O3/c1-7-34-24(33)22-23(32(16(2)3)25(27)30-22)21(17-8-10-18(28)11-9-17)29-19-12-14-20(15-13-19)31-35-26(4,5)6/h8-11,16,20-21,31H,7,12-15H2,1-6H3. The molecule has 1 N–H and O–H groups in total. The van der Waals surface area contributed by atoms with Crippen LogP contribution in [-0.4, -0.2) is 39.5 Å². The van der Waals surface area contributed by atoms with Crippen molar-refractivity contribution in [3.63, 3.8) is 0 Å². The van der Waals surface area contributed by atoms with E-state index in [4.69, 9.17) is 26.2 Å². The van der Waals surface area contributed by atoms with Gasteiger partial charge >= 0.3 is 5.97 Å². The highest BCUT2D eigenvalue weighted by Crippen LogP contribution is 2.36. The Morgan fingerprint density at radius 2 is 1.89 bits per heavy atom. The SMILES string of the molecule is CCOC(=O)c1nc(Br)n(C(C)C)c1C(N=C1CCC(NOC(C)(C)C)CC1)c1ccc(Cl)cc1. The third kappa shape index (κ3) is 7.38. The number of hydroxylamine groups is 1. The average molecular weight is 568 g/mol. The van der Waals surface area contributed by atoms with Crippen molar-refractivity contribution in [3.05, 3.63) is 51.0 Å². The zero-order chi connectivity index (χ0) is 25.8. The molecule has 1 aromatic heterocycles. The molecule has 0 amide bonds. The molecule has 1 aromatic carbocycles. The predicted octanol–water partition coefficient (Wildman–Crippen LogP) is 6.85. The number of hydrogen-bond acceptors (Lipinski definition) is 6. The Bertz CT molecular complexity index is 1030. The molecule has 2 aromatic rings. The lowest BCUT2D eigenvalue weighted by Gasteiger charge is -2.29. The van der Waals surface area contributed by atoms with Crippen LogP contribution in [0.1, 0.15) is 101 Å². The topological polar surface area (TPSA) is 77.7 Å². The highest BCUT2D eigenvalue weighted by Gasteiger charge is 2.31. The summed E-state index contributed by atoms with van der Waals surface area (Å²) in [7, 11) is 0. The van der Waals surface area contributed by atoms with Crippen molar-refractivity contribution >= 4 is 39.2 Å². The van der Waals surface area contributed by atoms with Gasteiger partial charge in [-0.15, -0.1) is 0 Å². The van der Waals surface area contributed by atoms with Gasteiger partial charge in [-0.2, -0.15) is 5.48 Å². The number of ether oxygens (including phenoxy) is 1. The third-order valence-corrected chi connectivity index (χ3v) is 6.55. The number of rotatable bonds is 8. The minimum Gasteiger partial charge on any atom is -0.461 e. The zero-order valence-corrected chi connectivity index (χ0v) is 23.7. The second-order valence-electron chi connectivity index (χ2n) is 10.1. The summed E-state index contributed by atoms with van der Waals surface area (Å²) in [5, 5.41) is 0.648. The number of esters is 1. The largest absolute Gasteiger partial charge is 0.461 e. The number of nitrogens with zero attached hydrogens (tertiary/aromatic N) is 3. The number of carbonyl (C=O) groups is 1. The van der Waals surface area contributed by atoms with Gasteiger partial charge in [0.25, 0.3) is 0 Å². The lowest BCUT2D eigenvalue weighted by Crippen LogP contribution is -2.39. The number of aromatic nitrogens is 2. The summed E-state index contributed by atoms with van der Waals surface area (Å²) in [4.78, 5) is 28.5. The van der Waals surface area contributed by atoms with Crippen LogP contribution in [-0.2, 0) is 9.57 Å². The molecule has 192 valence electrons. The van der Waals surface area contributed by atoms with E-state index < -0.39 is 12.0 Å².